The van der Waals surface area contributed by atoms with Gasteiger partial charge in [-0.2, -0.15) is 0 Å². The summed E-state index contributed by atoms with van der Waals surface area (Å²) >= 11 is 0. The second-order valence-electron chi connectivity index (χ2n) is 8.22. The van der Waals surface area contributed by atoms with E-state index in [1.54, 1.807) is 48.5 Å². The van der Waals surface area contributed by atoms with Crippen molar-refractivity contribution in [1.29, 1.82) is 0 Å². The van der Waals surface area contributed by atoms with Gasteiger partial charge in [-0.1, -0.05) is 38.1 Å². The second kappa shape index (κ2) is 11.0. The van der Waals surface area contributed by atoms with Crippen LogP contribution < -0.4 is 9.47 Å². The summed E-state index contributed by atoms with van der Waals surface area (Å²) in [5.41, 5.74) is 1.15. The molecule has 2 aromatic carbocycles. The van der Waals surface area contributed by atoms with Gasteiger partial charge in [0.2, 0.25) is 0 Å². The standard InChI is InChI=1S/C26H31NO6/c1-5-32-20-11-9-18(10-12-20)23-22(25(29)26(30)27(23)13-14-31-4)24(28)19-7-6-8-21(15-19)33-16-17(2)3/h6-12,15,17,23,28H,5,13-14,16H2,1-4H3/b24-22-. The second-order valence-corrected chi connectivity index (χ2v) is 8.22. The van der Waals surface area contributed by atoms with E-state index in [4.69, 9.17) is 14.2 Å². The van der Waals surface area contributed by atoms with E-state index in [2.05, 4.69) is 0 Å². The van der Waals surface area contributed by atoms with Crippen molar-refractivity contribution in [2.24, 2.45) is 5.92 Å². The lowest BCUT2D eigenvalue weighted by atomic mass is 9.95. The molecule has 176 valence electrons. The highest BCUT2D eigenvalue weighted by atomic mass is 16.5. The van der Waals surface area contributed by atoms with Crippen LogP contribution in [0.5, 0.6) is 11.5 Å². The van der Waals surface area contributed by atoms with Gasteiger partial charge in [0.25, 0.3) is 11.7 Å². The molecule has 1 aliphatic rings. The third-order valence-corrected chi connectivity index (χ3v) is 5.27. The number of hydrogen-bond acceptors (Lipinski definition) is 6. The summed E-state index contributed by atoms with van der Waals surface area (Å²) in [6, 6.07) is 13.3. The van der Waals surface area contributed by atoms with Gasteiger partial charge in [-0.25, -0.2) is 0 Å². The molecule has 1 aliphatic heterocycles. The van der Waals surface area contributed by atoms with Crippen molar-refractivity contribution >= 4 is 17.4 Å². The predicted molar refractivity (Wildman–Crippen MR) is 125 cm³/mol. The smallest absolute Gasteiger partial charge is 0.295 e. The van der Waals surface area contributed by atoms with E-state index in [0.717, 1.165) is 0 Å². The van der Waals surface area contributed by atoms with E-state index in [0.29, 0.717) is 41.8 Å². The van der Waals surface area contributed by atoms with Crippen LogP contribution in [0.3, 0.4) is 0 Å². The molecule has 1 saturated heterocycles. The van der Waals surface area contributed by atoms with Gasteiger partial charge in [0.15, 0.2) is 0 Å². The average molecular weight is 454 g/mol. The third kappa shape index (κ3) is 5.54. The lowest BCUT2D eigenvalue weighted by Crippen LogP contribution is -2.32. The van der Waals surface area contributed by atoms with Gasteiger partial charge in [0.05, 0.1) is 31.4 Å². The summed E-state index contributed by atoms with van der Waals surface area (Å²) in [7, 11) is 1.53. The van der Waals surface area contributed by atoms with Crippen molar-refractivity contribution in [2.75, 3.05) is 33.5 Å². The van der Waals surface area contributed by atoms with E-state index in [9.17, 15) is 14.7 Å². The highest BCUT2D eigenvalue weighted by Gasteiger charge is 2.45. The zero-order chi connectivity index (χ0) is 24.0. The van der Waals surface area contributed by atoms with Gasteiger partial charge in [-0.15, -0.1) is 0 Å². The van der Waals surface area contributed by atoms with Crippen LogP contribution in [0.25, 0.3) is 5.76 Å². The minimum Gasteiger partial charge on any atom is -0.507 e. The van der Waals surface area contributed by atoms with Crippen molar-refractivity contribution in [3.8, 4) is 11.5 Å². The lowest BCUT2D eigenvalue weighted by molar-refractivity contribution is -0.140. The number of methoxy groups -OCH3 is 1. The topological polar surface area (TPSA) is 85.3 Å². The summed E-state index contributed by atoms with van der Waals surface area (Å²) in [5.74, 6) is -0.0186. The number of ether oxygens (including phenoxy) is 3. The maximum Gasteiger partial charge on any atom is 0.295 e. The predicted octanol–water partition coefficient (Wildman–Crippen LogP) is 4.19. The fraction of sp³-hybridized carbons (Fsp3) is 0.385. The Morgan fingerprint density at radius 1 is 1.06 bits per heavy atom. The number of carbonyl (C=O) groups excluding carboxylic acids is 2. The van der Waals surface area contributed by atoms with Crippen molar-refractivity contribution < 1.29 is 28.9 Å². The Balaban J connectivity index is 2.06. The molecule has 1 unspecified atom stereocenters. The molecule has 7 nitrogen and oxygen atoms in total. The quantitative estimate of drug-likeness (QED) is 0.330. The van der Waals surface area contributed by atoms with Crippen LogP contribution in [0.4, 0.5) is 0 Å². The molecule has 1 N–H and O–H groups in total. The first-order valence-electron chi connectivity index (χ1n) is 11.1. The molecule has 1 amide bonds. The van der Waals surface area contributed by atoms with Crippen molar-refractivity contribution in [3.05, 3.63) is 65.2 Å². The van der Waals surface area contributed by atoms with Crippen LogP contribution in [-0.4, -0.2) is 55.2 Å². The number of aliphatic hydroxyl groups excluding tert-OH is 1. The van der Waals surface area contributed by atoms with Crippen LogP contribution in [0.2, 0.25) is 0 Å². The maximum atomic E-state index is 13.0. The zero-order valence-corrected chi connectivity index (χ0v) is 19.5. The molecule has 0 saturated carbocycles. The molecular formula is C26H31NO6. The number of Topliss-reactive ketones (excluding diaryl/α,β-unsaturated/α-hetero) is 1. The first-order valence-corrected chi connectivity index (χ1v) is 11.1. The normalized spacial score (nSPS) is 17.6. The van der Waals surface area contributed by atoms with Gasteiger partial charge in [0.1, 0.15) is 17.3 Å². The molecule has 0 aromatic heterocycles. The number of benzene rings is 2. The van der Waals surface area contributed by atoms with Gasteiger partial charge >= 0.3 is 0 Å². The number of ketones is 1. The molecule has 3 rings (SSSR count). The highest BCUT2D eigenvalue weighted by molar-refractivity contribution is 6.46. The van der Waals surface area contributed by atoms with Crippen LogP contribution in [0.1, 0.15) is 37.9 Å². The van der Waals surface area contributed by atoms with Gasteiger partial charge in [-0.3, -0.25) is 9.59 Å². The Morgan fingerprint density at radius 2 is 1.79 bits per heavy atom. The lowest BCUT2D eigenvalue weighted by Gasteiger charge is -2.25. The van der Waals surface area contributed by atoms with Crippen LogP contribution in [0, 0.1) is 5.92 Å². The fourth-order valence-corrected chi connectivity index (χ4v) is 3.71. The molecule has 7 heteroatoms. The minimum absolute atomic E-state index is 0.0428. The first kappa shape index (κ1) is 24.3. The molecule has 2 aromatic rings. The van der Waals surface area contributed by atoms with E-state index < -0.39 is 17.7 Å². The molecule has 1 heterocycles. The Hall–Kier alpha value is -3.32. The fourth-order valence-electron chi connectivity index (χ4n) is 3.71. The summed E-state index contributed by atoms with van der Waals surface area (Å²) in [5, 5.41) is 11.2. The number of amides is 1. The van der Waals surface area contributed by atoms with Gasteiger partial charge in [-0.05, 0) is 42.7 Å². The van der Waals surface area contributed by atoms with Gasteiger partial charge < -0.3 is 24.2 Å². The molecular weight excluding hydrogens is 422 g/mol. The number of rotatable bonds is 10. The zero-order valence-electron chi connectivity index (χ0n) is 19.5. The number of hydrogen-bond donors (Lipinski definition) is 1. The summed E-state index contributed by atoms with van der Waals surface area (Å²) in [6.07, 6.45) is 0. The Bertz CT molecular complexity index is 1010. The molecule has 1 fully saturated rings. The first-order chi connectivity index (χ1) is 15.9. The average Bonchev–Trinajstić information content (AvgIpc) is 3.06. The Kier molecular flexibility index (Phi) is 8.11. The van der Waals surface area contributed by atoms with E-state index in [1.807, 2.05) is 20.8 Å². The minimum atomic E-state index is -0.740. The Labute approximate surface area is 194 Å². The molecule has 0 aliphatic carbocycles. The van der Waals surface area contributed by atoms with E-state index in [1.165, 1.54) is 12.0 Å². The largest absolute Gasteiger partial charge is 0.507 e. The summed E-state index contributed by atoms with van der Waals surface area (Å²) < 4.78 is 16.4. The molecule has 0 bridgehead atoms. The summed E-state index contributed by atoms with van der Waals surface area (Å²) in [4.78, 5) is 27.4. The number of aliphatic hydroxyl groups is 1. The molecule has 33 heavy (non-hydrogen) atoms. The highest BCUT2D eigenvalue weighted by Crippen LogP contribution is 2.40. The number of nitrogens with zero attached hydrogens (tertiary/aromatic N) is 1. The van der Waals surface area contributed by atoms with Crippen molar-refractivity contribution in [2.45, 2.75) is 26.8 Å². The summed E-state index contributed by atoms with van der Waals surface area (Å²) in [6.45, 7) is 7.52. The van der Waals surface area contributed by atoms with Crippen molar-refractivity contribution in [1.82, 2.24) is 4.90 Å². The third-order valence-electron chi connectivity index (χ3n) is 5.27. The maximum absolute atomic E-state index is 13.0. The SMILES string of the molecule is CCOc1ccc(C2/C(=C(/O)c3cccc(OCC(C)C)c3)C(=O)C(=O)N2CCOC)cc1. The van der Waals surface area contributed by atoms with Crippen molar-refractivity contribution in [3.63, 3.8) is 0 Å². The molecule has 1 atom stereocenters. The van der Waals surface area contributed by atoms with Crippen LogP contribution >= 0.6 is 0 Å². The molecule has 0 spiro atoms. The van der Waals surface area contributed by atoms with E-state index in [-0.39, 0.29) is 24.5 Å². The monoisotopic (exact) mass is 453 g/mol. The molecule has 0 radical (unpaired) electrons. The van der Waals surface area contributed by atoms with Gasteiger partial charge in [0, 0.05) is 19.2 Å². The van der Waals surface area contributed by atoms with Crippen LogP contribution in [-0.2, 0) is 14.3 Å². The Morgan fingerprint density at radius 3 is 2.42 bits per heavy atom. The number of carbonyl (C=O) groups is 2. The van der Waals surface area contributed by atoms with E-state index >= 15 is 0 Å². The number of likely N-dealkylation sites (tertiary alicyclic amines) is 1. The van der Waals surface area contributed by atoms with Crippen LogP contribution in [0.15, 0.2) is 54.1 Å².